The van der Waals surface area contributed by atoms with Crippen LogP contribution >= 0.6 is 24.8 Å². The minimum absolute atomic E-state index is 0. The lowest BCUT2D eigenvalue weighted by Crippen LogP contribution is -2.28. The van der Waals surface area contributed by atoms with Crippen LogP contribution in [0.3, 0.4) is 0 Å². The van der Waals surface area contributed by atoms with Crippen molar-refractivity contribution < 1.29 is 19.8 Å². The van der Waals surface area contributed by atoms with Gasteiger partial charge in [0.2, 0.25) is 0 Å². The van der Waals surface area contributed by atoms with Crippen molar-refractivity contribution in [3.63, 3.8) is 0 Å². The molecule has 0 heterocycles. The number of aromatic carboxylic acids is 2. The largest absolute Gasteiger partial charge is 0.478 e. The van der Waals surface area contributed by atoms with E-state index >= 15 is 0 Å². The Kier molecular flexibility index (Phi) is 18.0. The van der Waals surface area contributed by atoms with Crippen molar-refractivity contribution in [3.8, 4) is 22.3 Å². The Morgan fingerprint density at radius 1 is 0.583 bits per heavy atom. The van der Waals surface area contributed by atoms with Gasteiger partial charge in [-0.05, 0) is 147 Å². The van der Waals surface area contributed by atoms with Crippen molar-refractivity contribution in [2.45, 2.75) is 105 Å². The van der Waals surface area contributed by atoms with Gasteiger partial charge in [0.15, 0.2) is 0 Å². The number of carboxylic acids is 2. The van der Waals surface area contributed by atoms with Crippen molar-refractivity contribution in [1.29, 1.82) is 0 Å². The molecule has 6 nitrogen and oxygen atoms in total. The molecule has 4 rings (SSSR count). The average Bonchev–Trinajstić information content (AvgIpc) is 3.38. The van der Waals surface area contributed by atoms with Gasteiger partial charge >= 0.3 is 11.9 Å². The highest BCUT2D eigenvalue weighted by atomic mass is 35.5. The fraction of sp³-hybridized carbons (Fsp3) is 0.550. The van der Waals surface area contributed by atoms with Crippen molar-refractivity contribution in [2.75, 3.05) is 39.3 Å². The van der Waals surface area contributed by atoms with E-state index < -0.39 is 11.9 Å². The first-order chi connectivity index (χ1) is 22.4. The lowest BCUT2D eigenvalue weighted by atomic mass is 9.84. The fourth-order valence-corrected chi connectivity index (χ4v) is 7.24. The molecule has 1 aliphatic rings. The van der Waals surface area contributed by atoms with Gasteiger partial charge in [-0.25, -0.2) is 9.59 Å². The average molecular weight is 702 g/mol. The minimum Gasteiger partial charge on any atom is -0.478 e. The van der Waals surface area contributed by atoms with Crippen LogP contribution in [-0.2, 0) is 12.8 Å². The van der Waals surface area contributed by atoms with Crippen molar-refractivity contribution >= 4 is 47.5 Å². The summed E-state index contributed by atoms with van der Waals surface area (Å²) in [6.45, 7) is 15.3. The molecule has 0 saturated heterocycles. The molecule has 0 aromatic heterocycles. The van der Waals surface area contributed by atoms with E-state index in [1.807, 2.05) is 24.3 Å². The number of unbranched alkanes of at least 4 members (excludes halogenated alkanes) is 4. The van der Waals surface area contributed by atoms with Gasteiger partial charge in [0.25, 0.3) is 0 Å². The molecule has 266 valence electrons. The molecule has 48 heavy (non-hydrogen) atoms. The molecule has 0 saturated carbocycles. The molecular weight excluding hydrogens is 643 g/mol. The van der Waals surface area contributed by atoms with E-state index in [4.69, 9.17) is 0 Å². The Balaban J connectivity index is 0.00000400. The summed E-state index contributed by atoms with van der Waals surface area (Å²) in [6, 6.07) is 11.3. The molecule has 3 aromatic rings. The molecule has 0 amide bonds. The first-order valence-corrected chi connectivity index (χ1v) is 18.0. The topological polar surface area (TPSA) is 81.1 Å². The molecule has 0 aliphatic heterocycles. The molecule has 0 bridgehead atoms. The summed E-state index contributed by atoms with van der Waals surface area (Å²) in [6.07, 6.45) is 12.8. The number of halogens is 2. The summed E-state index contributed by atoms with van der Waals surface area (Å²) in [5.41, 5.74) is 6.81. The highest BCUT2D eigenvalue weighted by Gasteiger charge is 2.31. The van der Waals surface area contributed by atoms with E-state index in [1.165, 1.54) is 51.4 Å². The van der Waals surface area contributed by atoms with Crippen molar-refractivity contribution in [3.05, 3.63) is 58.7 Å². The van der Waals surface area contributed by atoms with E-state index in [2.05, 4.69) is 37.5 Å². The monoisotopic (exact) mass is 700 g/mol. The van der Waals surface area contributed by atoms with Crippen molar-refractivity contribution in [1.82, 2.24) is 9.80 Å². The first-order valence-electron chi connectivity index (χ1n) is 18.0. The molecule has 1 aliphatic carbocycles. The number of rotatable bonds is 22. The standard InChI is InChI=1S/C40H56N2O4.2ClH/c1-5-9-22-41(23-10-6-2)26-14-18-30-31(19-15-27-42(24-11-7-3)25-12-8-4)38(40(45)46)34-17-13-16-32-35-28-29(39(43)44)20-21-33(35)36(30)37(32)34;;/h13,16-17,20-21,28H,5-12,14-15,18-19,22-27H2,1-4H3,(H,43,44)(H,45,46);2*1H. The number of carbonyl (C=O) groups is 2. The Morgan fingerprint density at radius 3 is 1.56 bits per heavy atom. The maximum Gasteiger partial charge on any atom is 0.336 e. The Morgan fingerprint density at radius 2 is 1.08 bits per heavy atom. The summed E-state index contributed by atoms with van der Waals surface area (Å²) >= 11 is 0. The van der Waals surface area contributed by atoms with Gasteiger partial charge < -0.3 is 20.0 Å². The maximum absolute atomic E-state index is 13.1. The quantitative estimate of drug-likeness (QED) is 0.0849. The van der Waals surface area contributed by atoms with Crippen LogP contribution < -0.4 is 0 Å². The Labute approximate surface area is 301 Å². The highest BCUT2D eigenvalue weighted by Crippen LogP contribution is 2.51. The smallest absolute Gasteiger partial charge is 0.336 e. The summed E-state index contributed by atoms with van der Waals surface area (Å²) in [5.74, 6) is -1.82. The second kappa shape index (κ2) is 20.8. The SMILES string of the molecule is CCCCN(CCCC)CCCc1c(CCCN(CCCC)CCCC)c2c3c(cccc3c1C(=O)O)-c1cc(C(=O)O)ccc1-2.Cl.Cl. The lowest BCUT2D eigenvalue weighted by Gasteiger charge is -2.25. The first kappa shape index (κ1) is 41.5. The lowest BCUT2D eigenvalue weighted by molar-refractivity contribution is 0.0686. The third kappa shape index (κ3) is 9.97. The summed E-state index contributed by atoms with van der Waals surface area (Å²) in [5, 5.41) is 22.3. The summed E-state index contributed by atoms with van der Waals surface area (Å²) in [4.78, 5) is 30.3. The zero-order valence-electron chi connectivity index (χ0n) is 29.6. The van der Waals surface area contributed by atoms with Gasteiger partial charge in [0.1, 0.15) is 0 Å². The number of hydrogen-bond donors (Lipinski definition) is 2. The van der Waals surface area contributed by atoms with Crippen LogP contribution in [0.5, 0.6) is 0 Å². The molecule has 0 unspecified atom stereocenters. The predicted octanol–water partition coefficient (Wildman–Crippen LogP) is 10.4. The molecule has 0 radical (unpaired) electrons. The van der Waals surface area contributed by atoms with Crippen molar-refractivity contribution in [2.24, 2.45) is 0 Å². The normalized spacial score (nSPS) is 11.5. The minimum atomic E-state index is -0.951. The molecular formula is C40H58Cl2N2O4. The summed E-state index contributed by atoms with van der Waals surface area (Å²) < 4.78 is 0. The van der Waals surface area contributed by atoms with E-state index in [-0.39, 0.29) is 30.4 Å². The van der Waals surface area contributed by atoms with Crippen LogP contribution in [0, 0.1) is 0 Å². The Hall–Kier alpha value is -2.64. The number of benzene rings is 3. The fourth-order valence-electron chi connectivity index (χ4n) is 7.24. The number of carboxylic acid groups (broad SMARTS) is 2. The highest BCUT2D eigenvalue weighted by molar-refractivity contribution is 6.21. The van der Waals surface area contributed by atoms with E-state index in [9.17, 15) is 19.8 Å². The molecule has 0 atom stereocenters. The van der Waals surface area contributed by atoms with Crippen LogP contribution in [0.2, 0.25) is 0 Å². The molecule has 0 spiro atoms. The van der Waals surface area contributed by atoms with Crippen LogP contribution in [0.15, 0.2) is 36.4 Å². The number of hydrogen-bond acceptors (Lipinski definition) is 4. The van der Waals surface area contributed by atoms with Gasteiger partial charge in [0.05, 0.1) is 11.1 Å². The second-order valence-corrected chi connectivity index (χ2v) is 13.1. The third-order valence-corrected chi connectivity index (χ3v) is 9.71. The zero-order chi connectivity index (χ0) is 33.1. The van der Waals surface area contributed by atoms with E-state index in [1.54, 1.807) is 12.1 Å². The van der Waals surface area contributed by atoms with E-state index in [0.717, 1.165) is 109 Å². The molecule has 3 aromatic carbocycles. The van der Waals surface area contributed by atoms with Gasteiger partial charge in [-0.3, -0.25) is 0 Å². The molecule has 0 fully saturated rings. The number of fused-ring (bicyclic) bond motifs is 3. The zero-order valence-corrected chi connectivity index (χ0v) is 31.2. The van der Waals surface area contributed by atoms with Crippen LogP contribution in [0.4, 0.5) is 0 Å². The van der Waals surface area contributed by atoms with Gasteiger partial charge in [-0.15, -0.1) is 24.8 Å². The van der Waals surface area contributed by atoms with E-state index in [0.29, 0.717) is 5.56 Å². The summed E-state index contributed by atoms with van der Waals surface area (Å²) in [7, 11) is 0. The molecule has 2 N–H and O–H groups in total. The van der Waals surface area contributed by atoms with Crippen LogP contribution in [0.25, 0.3) is 33.0 Å². The Bertz CT molecular complexity index is 1480. The molecule has 8 heteroatoms. The van der Waals surface area contributed by atoms with Crippen LogP contribution in [0.1, 0.15) is 124 Å². The predicted molar refractivity (Wildman–Crippen MR) is 206 cm³/mol. The van der Waals surface area contributed by atoms with Gasteiger partial charge in [0, 0.05) is 0 Å². The second-order valence-electron chi connectivity index (χ2n) is 13.1. The third-order valence-electron chi connectivity index (χ3n) is 9.71. The van der Waals surface area contributed by atoms with Gasteiger partial charge in [-0.2, -0.15) is 0 Å². The maximum atomic E-state index is 13.1. The number of nitrogens with zero attached hydrogens (tertiary/aromatic N) is 2. The van der Waals surface area contributed by atoms with Gasteiger partial charge in [-0.1, -0.05) is 77.6 Å². The van der Waals surface area contributed by atoms with Crippen LogP contribution in [-0.4, -0.2) is 71.2 Å².